The largest absolute Gasteiger partial charge is 0.493 e. The van der Waals surface area contributed by atoms with Gasteiger partial charge >= 0.3 is 0 Å². The van der Waals surface area contributed by atoms with E-state index in [9.17, 15) is 0 Å². The molecule has 0 N–H and O–H groups in total. The van der Waals surface area contributed by atoms with Gasteiger partial charge in [-0.1, -0.05) is 48.5 Å². The van der Waals surface area contributed by atoms with Gasteiger partial charge in [0.15, 0.2) is 0 Å². The van der Waals surface area contributed by atoms with Gasteiger partial charge < -0.3 is 4.74 Å². The van der Waals surface area contributed by atoms with Crippen LogP contribution in [0.3, 0.4) is 0 Å². The first kappa shape index (κ1) is 13.0. The van der Waals surface area contributed by atoms with Gasteiger partial charge in [0.25, 0.3) is 0 Å². The Hall–Kier alpha value is -1.41. The first-order chi connectivity index (χ1) is 8.86. The molecule has 0 amide bonds. The van der Waals surface area contributed by atoms with Crippen LogP contribution < -0.4 is 4.74 Å². The van der Waals surface area contributed by atoms with Crippen molar-refractivity contribution in [2.75, 3.05) is 12.4 Å². The zero-order chi connectivity index (χ0) is 12.6. The minimum absolute atomic E-state index is 0.519. The highest BCUT2D eigenvalue weighted by Crippen LogP contribution is 2.27. The molecule has 2 aromatic rings. The molecule has 2 heteroatoms. The van der Waals surface area contributed by atoms with E-state index in [1.165, 1.54) is 5.56 Å². The monoisotopic (exact) mass is 258 g/mol. The van der Waals surface area contributed by atoms with Crippen LogP contribution in [0.4, 0.5) is 0 Å². The van der Waals surface area contributed by atoms with E-state index >= 15 is 0 Å². The first-order valence-corrected chi connectivity index (χ1v) is 7.25. The number of hydrogen-bond donors (Lipinski definition) is 0. The number of para-hydroxylation sites is 1. The number of benzene rings is 2. The van der Waals surface area contributed by atoms with Crippen molar-refractivity contribution < 1.29 is 4.74 Å². The topological polar surface area (TPSA) is 9.23 Å². The Balaban J connectivity index is 1.70. The fourth-order valence-electron chi connectivity index (χ4n) is 1.72. The SMILES string of the molecule is CC(SCCOc1ccccc1)c1ccccc1. The maximum atomic E-state index is 5.67. The Morgan fingerprint density at radius 2 is 1.56 bits per heavy atom. The van der Waals surface area contributed by atoms with E-state index in [-0.39, 0.29) is 0 Å². The number of hydrogen-bond acceptors (Lipinski definition) is 2. The third-order valence-corrected chi connectivity index (χ3v) is 3.91. The second-order valence-corrected chi connectivity index (χ2v) is 5.53. The van der Waals surface area contributed by atoms with Crippen molar-refractivity contribution in [1.29, 1.82) is 0 Å². The van der Waals surface area contributed by atoms with Gasteiger partial charge in [-0.05, 0) is 24.6 Å². The molecule has 0 saturated carbocycles. The van der Waals surface area contributed by atoms with Crippen molar-refractivity contribution >= 4 is 11.8 Å². The summed E-state index contributed by atoms with van der Waals surface area (Å²) in [7, 11) is 0. The average molecular weight is 258 g/mol. The van der Waals surface area contributed by atoms with Crippen molar-refractivity contribution in [1.82, 2.24) is 0 Å². The molecule has 0 spiro atoms. The van der Waals surface area contributed by atoms with Crippen LogP contribution in [-0.4, -0.2) is 12.4 Å². The maximum Gasteiger partial charge on any atom is 0.119 e. The second-order valence-electron chi connectivity index (χ2n) is 4.09. The van der Waals surface area contributed by atoms with E-state index < -0.39 is 0 Å². The Kier molecular flexibility index (Phi) is 5.15. The van der Waals surface area contributed by atoms with Gasteiger partial charge in [-0.15, -0.1) is 0 Å². The predicted molar refractivity (Wildman–Crippen MR) is 79.3 cm³/mol. The Morgan fingerprint density at radius 3 is 2.22 bits per heavy atom. The molecule has 1 unspecified atom stereocenters. The van der Waals surface area contributed by atoms with Crippen molar-refractivity contribution in [3.05, 3.63) is 66.2 Å². The van der Waals surface area contributed by atoms with Gasteiger partial charge in [0.2, 0.25) is 0 Å². The molecule has 2 aromatic carbocycles. The molecular weight excluding hydrogens is 240 g/mol. The normalized spacial score (nSPS) is 12.1. The second kappa shape index (κ2) is 7.12. The van der Waals surface area contributed by atoms with Crippen LogP contribution in [0.1, 0.15) is 17.7 Å². The van der Waals surface area contributed by atoms with Gasteiger partial charge in [0, 0.05) is 11.0 Å². The van der Waals surface area contributed by atoms with Crippen molar-refractivity contribution in [2.24, 2.45) is 0 Å². The minimum Gasteiger partial charge on any atom is -0.493 e. The maximum absolute atomic E-state index is 5.67. The van der Waals surface area contributed by atoms with Crippen LogP contribution >= 0.6 is 11.8 Å². The van der Waals surface area contributed by atoms with Crippen LogP contribution in [-0.2, 0) is 0 Å². The van der Waals surface area contributed by atoms with Gasteiger partial charge in [-0.2, -0.15) is 11.8 Å². The summed E-state index contributed by atoms with van der Waals surface area (Å²) >= 11 is 1.92. The Morgan fingerprint density at radius 1 is 0.944 bits per heavy atom. The van der Waals surface area contributed by atoms with Crippen LogP contribution in [0.15, 0.2) is 60.7 Å². The summed E-state index contributed by atoms with van der Waals surface area (Å²) in [5.74, 6) is 1.95. The van der Waals surface area contributed by atoms with Crippen LogP contribution in [0.5, 0.6) is 5.75 Å². The zero-order valence-electron chi connectivity index (χ0n) is 10.6. The summed E-state index contributed by atoms with van der Waals surface area (Å²) in [5, 5.41) is 0.519. The fourth-order valence-corrected chi connectivity index (χ4v) is 2.60. The van der Waals surface area contributed by atoms with Crippen molar-refractivity contribution in [2.45, 2.75) is 12.2 Å². The van der Waals surface area contributed by atoms with E-state index in [1.54, 1.807) is 0 Å². The summed E-state index contributed by atoms with van der Waals surface area (Å²) in [6.45, 7) is 2.99. The fraction of sp³-hybridized carbons (Fsp3) is 0.250. The standard InChI is InChI=1S/C16H18OS/c1-14(15-8-4-2-5-9-15)18-13-12-17-16-10-6-3-7-11-16/h2-11,14H,12-13H2,1H3. The smallest absolute Gasteiger partial charge is 0.119 e. The highest BCUT2D eigenvalue weighted by atomic mass is 32.2. The zero-order valence-corrected chi connectivity index (χ0v) is 11.4. The van der Waals surface area contributed by atoms with Crippen molar-refractivity contribution in [3.8, 4) is 5.75 Å². The number of ether oxygens (including phenoxy) is 1. The molecule has 0 aliphatic heterocycles. The molecule has 2 rings (SSSR count). The van der Waals surface area contributed by atoms with Gasteiger partial charge in [0.1, 0.15) is 5.75 Å². The Labute approximate surface area is 113 Å². The summed E-state index contributed by atoms with van der Waals surface area (Å²) in [6, 6.07) is 20.6. The highest BCUT2D eigenvalue weighted by molar-refractivity contribution is 7.99. The van der Waals surface area contributed by atoms with Crippen LogP contribution in [0.25, 0.3) is 0 Å². The first-order valence-electron chi connectivity index (χ1n) is 6.20. The molecule has 0 heterocycles. The van der Waals surface area contributed by atoms with Gasteiger partial charge in [-0.3, -0.25) is 0 Å². The molecule has 0 bridgehead atoms. The number of thioether (sulfide) groups is 1. The van der Waals surface area contributed by atoms with Gasteiger partial charge in [0.05, 0.1) is 6.61 Å². The number of rotatable bonds is 6. The molecule has 0 aliphatic rings. The highest BCUT2D eigenvalue weighted by Gasteiger charge is 2.04. The molecule has 1 nitrogen and oxygen atoms in total. The lowest BCUT2D eigenvalue weighted by molar-refractivity contribution is 0.344. The lowest BCUT2D eigenvalue weighted by Crippen LogP contribution is -2.01. The summed E-state index contributed by atoms with van der Waals surface area (Å²) in [6.07, 6.45) is 0. The molecule has 0 aromatic heterocycles. The lowest BCUT2D eigenvalue weighted by atomic mass is 10.2. The molecular formula is C16H18OS. The lowest BCUT2D eigenvalue weighted by Gasteiger charge is -2.12. The molecule has 18 heavy (non-hydrogen) atoms. The van der Waals surface area contributed by atoms with E-state index in [4.69, 9.17) is 4.74 Å². The molecule has 0 fully saturated rings. The van der Waals surface area contributed by atoms with Crippen LogP contribution in [0.2, 0.25) is 0 Å². The molecule has 0 saturated heterocycles. The predicted octanol–water partition coefficient (Wildman–Crippen LogP) is 4.56. The minimum atomic E-state index is 0.519. The van der Waals surface area contributed by atoms with E-state index in [0.717, 1.165) is 18.1 Å². The summed E-state index contributed by atoms with van der Waals surface area (Å²) < 4.78 is 5.67. The third-order valence-electron chi connectivity index (χ3n) is 2.73. The summed E-state index contributed by atoms with van der Waals surface area (Å²) in [5.41, 5.74) is 1.38. The van der Waals surface area contributed by atoms with E-state index in [1.807, 2.05) is 42.1 Å². The van der Waals surface area contributed by atoms with Crippen molar-refractivity contribution in [3.63, 3.8) is 0 Å². The molecule has 1 atom stereocenters. The summed E-state index contributed by atoms with van der Waals surface area (Å²) in [4.78, 5) is 0. The quantitative estimate of drug-likeness (QED) is 0.702. The third kappa shape index (κ3) is 4.11. The Bertz CT molecular complexity index is 441. The van der Waals surface area contributed by atoms with E-state index in [2.05, 4.69) is 37.3 Å². The van der Waals surface area contributed by atoms with Crippen LogP contribution in [0, 0.1) is 0 Å². The average Bonchev–Trinajstić information content (AvgIpc) is 2.45. The molecule has 94 valence electrons. The molecule has 0 aliphatic carbocycles. The van der Waals surface area contributed by atoms with Gasteiger partial charge in [-0.25, -0.2) is 0 Å². The molecule has 0 radical (unpaired) electrons. The van der Waals surface area contributed by atoms with E-state index in [0.29, 0.717) is 5.25 Å².